The summed E-state index contributed by atoms with van der Waals surface area (Å²) in [6.45, 7) is 0. The molecule has 3 N–H and O–H groups in total. The van der Waals surface area contributed by atoms with Crippen LogP contribution in [-0.2, 0) is 0 Å². The minimum atomic E-state index is -0.294. The molecule has 0 saturated carbocycles. The van der Waals surface area contributed by atoms with Gasteiger partial charge in [-0.15, -0.1) is 0 Å². The number of rotatable bonds is 3. The summed E-state index contributed by atoms with van der Waals surface area (Å²) in [7, 11) is 0. The molecule has 0 bridgehead atoms. The summed E-state index contributed by atoms with van der Waals surface area (Å²) < 4.78 is 12.8. The third kappa shape index (κ3) is 3.39. The first-order valence-electron chi connectivity index (χ1n) is 5.31. The molecule has 0 amide bonds. The lowest BCUT2D eigenvalue weighted by molar-refractivity contribution is 0.318. The number of halogens is 2. The zero-order chi connectivity index (χ0) is 13.8. The van der Waals surface area contributed by atoms with Crippen molar-refractivity contribution in [2.24, 2.45) is 10.9 Å². The molecule has 2 rings (SSSR count). The van der Waals surface area contributed by atoms with Crippen LogP contribution in [0.4, 0.5) is 4.39 Å². The van der Waals surface area contributed by atoms with Crippen LogP contribution in [0.25, 0.3) is 0 Å². The Morgan fingerprint density at radius 3 is 2.53 bits per heavy atom. The average molecular weight is 297 g/mol. The van der Waals surface area contributed by atoms with Crippen molar-refractivity contribution >= 4 is 29.2 Å². The molecule has 6 heteroatoms. The van der Waals surface area contributed by atoms with Crippen LogP contribution < -0.4 is 5.73 Å². The van der Waals surface area contributed by atoms with Crippen LogP contribution in [0.3, 0.4) is 0 Å². The molecule has 0 spiro atoms. The van der Waals surface area contributed by atoms with Gasteiger partial charge in [-0.2, -0.15) is 0 Å². The number of hydrogen-bond acceptors (Lipinski definition) is 3. The Hall–Kier alpha value is -1.72. The monoisotopic (exact) mass is 296 g/mol. The van der Waals surface area contributed by atoms with Gasteiger partial charge < -0.3 is 10.9 Å². The zero-order valence-corrected chi connectivity index (χ0v) is 11.2. The van der Waals surface area contributed by atoms with Gasteiger partial charge in [-0.3, -0.25) is 0 Å². The fraction of sp³-hybridized carbons (Fsp3) is 0. The van der Waals surface area contributed by atoms with E-state index >= 15 is 0 Å². The van der Waals surface area contributed by atoms with Crippen LogP contribution in [0.5, 0.6) is 0 Å². The number of oxime groups is 1. The van der Waals surface area contributed by atoms with E-state index in [1.807, 2.05) is 0 Å². The van der Waals surface area contributed by atoms with Gasteiger partial charge in [0.05, 0.1) is 0 Å². The van der Waals surface area contributed by atoms with E-state index in [9.17, 15) is 4.39 Å². The summed E-state index contributed by atoms with van der Waals surface area (Å²) in [6.07, 6.45) is 0. The first kappa shape index (κ1) is 13.7. The van der Waals surface area contributed by atoms with E-state index in [0.29, 0.717) is 10.6 Å². The Morgan fingerprint density at radius 2 is 1.89 bits per heavy atom. The Kier molecular flexibility index (Phi) is 4.29. The summed E-state index contributed by atoms with van der Waals surface area (Å²) in [4.78, 5) is 1.61. The number of hydrogen-bond donors (Lipinski definition) is 2. The molecule has 19 heavy (non-hydrogen) atoms. The van der Waals surface area contributed by atoms with E-state index in [0.717, 1.165) is 9.79 Å². The lowest BCUT2D eigenvalue weighted by Crippen LogP contribution is -2.14. The first-order valence-corrected chi connectivity index (χ1v) is 6.50. The molecule has 2 aromatic rings. The van der Waals surface area contributed by atoms with E-state index in [2.05, 4.69) is 5.16 Å². The van der Waals surface area contributed by atoms with Gasteiger partial charge in [-0.25, -0.2) is 4.39 Å². The molecular weight excluding hydrogens is 287 g/mol. The van der Waals surface area contributed by atoms with Crippen LogP contribution in [-0.4, -0.2) is 11.0 Å². The summed E-state index contributed by atoms with van der Waals surface area (Å²) in [6, 6.07) is 11.2. The normalized spacial score (nSPS) is 11.6. The van der Waals surface area contributed by atoms with Gasteiger partial charge in [-0.05, 0) is 42.5 Å². The van der Waals surface area contributed by atoms with Crippen LogP contribution in [0, 0.1) is 5.82 Å². The average Bonchev–Trinajstić information content (AvgIpc) is 2.42. The second kappa shape index (κ2) is 5.95. The van der Waals surface area contributed by atoms with Crippen molar-refractivity contribution in [1.29, 1.82) is 0 Å². The van der Waals surface area contributed by atoms with E-state index < -0.39 is 0 Å². The van der Waals surface area contributed by atoms with Crippen molar-refractivity contribution in [3.05, 3.63) is 58.9 Å². The third-order valence-electron chi connectivity index (χ3n) is 2.37. The van der Waals surface area contributed by atoms with Gasteiger partial charge in [0, 0.05) is 20.4 Å². The van der Waals surface area contributed by atoms with Crippen molar-refractivity contribution in [2.75, 3.05) is 0 Å². The SMILES string of the molecule is NC(=NO)c1cc(Cl)ccc1Sc1ccc(F)cc1. The maximum absolute atomic E-state index is 12.8. The predicted octanol–water partition coefficient (Wildman–Crippen LogP) is 3.72. The van der Waals surface area contributed by atoms with Crippen molar-refractivity contribution < 1.29 is 9.60 Å². The molecule has 0 saturated heterocycles. The highest BCUT2D eigenvalue weighted by atomic mass is 35.5. The number of amidine groups is 1. The second-order valence-corrected chi connectivity index (χ2v) is 5.23. The van der Waals surface area contributed by atoms with E-state index in [-0.39, 0.29) is 11.7 Å². The van der Waals surface area contributed by atoms with Crippen molar-refractivity contribution in [1.82, 2.24) is 0 Å². The topological polar surface area (TPSA) is 58.6 Å². The fourth-order valence-corrected chi connectivity index (χ4v) is 2.58. The minimum Gasteiger partial charge on any atom is -0.409 e. The summed E-state index contributed by atoms with van der Waals surface area (Å²) >= 11 is 7.27. The van der Waals surface area contributed by atoms with Crippen LogP contribution >= 0.6 is 23.4 Å². The highest BCUT2D eigenvalue weighted by Crippen LogP contribution is 2.32. The summed E-state index contributed by atoms with van der Waals surface area (Å²) in [5.41, 5.74) is 6.14. The Bertz CT molecular complexity index is 617. The largest absolute Gasteiger partial charge is 0.409 e. The number of nitrogens with zero attached hydrogens (tertiary/aromatic N) is 1. The minimum absolute atomic E-state index is 0.0212. The van der Waals surface area contributed by atoms with Gasteiger partial charge >= 0.3 is 0 Å². The van der Waals surface area contributed by atoms with E-state index in [4.69, 9.17) is 22.5 Å². The maximum atomic E-state index is 12.8. The molecule has 98 valence electrons. The molecule has 0 aliphatic heterocycles. The molecule has 2 aromatic carbocycles. The molecule has 0 aromatic heterocycles. The van der Waals surface area contributed by atoms with Gasteiger partial charge in [0.25, 0.3) is 0 Å². The van der Waals surface area contributed by atoms with E-state index in [1.165, 1.54) is 23.9 Å². The van der Waals surface area contributed by atoms with Crippen molar-refractivity contribution in [3.63, 3.8) is 0 Å². The lowest BCUT2D eigenvalue weighted by atomic mass is 10.2. The van der Waals surface area contributed by atoms with Crippen LogP contribution in [0.1, 0.15) is 5.56 Å². The standard InChI is InChI=1S/C13H10ClFN2OS/c14-8-1-6-12(11(7-8)13(16)17-18)19-10-4-2-9(15)3-5-10/h1-7,18H,(H2,16,17). The summed E-state index contributed by atoms with van der Waals surface area (Å²) in [5, 5.41) is 12.2. The number of benzene rings is 2. The molecular formula is C13H10ClFN2OS. The molecule has 0 fully saturated rings. The highest BCUT2D eigenvalue weighted by Gasteiger charge is 2.09. The maximum Gasteiger partial charge on any atom is 0.171 e. The first-order chi connectivity index (χ1) is 9.10. The Morgan fingerprint density at radius 1 is 1.21 bits per heavy atom. The molecule has 0 heterocycles. The van der Waals surface area contributed by atoms with Crippen LogP contribution in [0.2, 0.25) is 5.02 Å². The molecule has 0 unspecified atom stereocenters. The predicted molar refractivity (Wildman–Crippen MR) is 74.5 cm³/mol. The van der Waals surface area contributed by atoms with Crippen molar-refractivity contribution in [3.8, 4) is 0 Å². The fourth-order valence-electron chi connectivity index (χ4n) is 1.47. The molecule has 0 radical (unpaired) electrons. The molecule has 0 aliphatic rings. The highest BCUT2D eigenvalue weighted by molar-refractivity contribution is 7.99. The summed E-state index contributed by atoms with van der Waals surface area (Å²) in [5.74, 6) is -0.316. The smallest absolute Gasteiger partial charge is 0.171 e. The Labute approximate surface area is 118 Å². The molecule has 3 nitrogen and oxygen atoms in total. The van der Waals surface area contributed by atoms with E-state index in [1.54, 1.807) is 30.3 Å². The second-order valence-electron chi connectivity index (χ2n) is 3.68. The van der Waals surface area contributed by atoms with Gasteiger partial charge in [0.1, 0.15) is 5.82 Å². The lowest BCUT2D eigenvalue weighted by Gasteiger charge is -2.08. The zero-order valence-electron chi connectivity index (χ0n) is 9.68. The quantitative estimate of drug-likeness (QED) is 0.393. The van der Waals surface area contributed by atoms with Gasteiger partial charge in [0.2, 0.25) is 0 Å². The van der Waals surface area contributed by atoms with Gasteiger partial charge in [-0.1, -0.05) is 28.5 Å². The Balaban J connectivity index is 2.37. The van der Waals surface area contributed by atoms with Crippen LogP contribution in [0.15, 0.2) is 57.4 Å². The van der Waals surface area contributed by atoms with Gasteiger partial charge in [0.15, 0.2) is 5.84 Å². The third-order valence-corrected chi connectivity index (χ3v) is 3.69. The molecule has 0 aliphatic carbocycles. The van der Waals surface area contributed by atoms with Crippen molar-refractivity contribution in [2.45, 2.75) is 9.79 Å². The molecule has 0 atom stereocenters. The number of nitrogens with two attached hydrogens (primary N) is 1.